The van der Waals surface area contributed by atoms with E-state index in [1.807, 2.05) is 41.5 Å². The summed E-state index contributed by atoms with van der Waals surface area (Å²) >= 11 is 0. The fraction of sp³-hybridized carbons (Fsp3) is 0.667. The highest BCUT2D eigenvalue weighted by atomic mass is 32.2. The van der Waals surface area contributed by atoms with Crippen molar-refractivity contribution < 1.29 is 13.2 Å². The number of hydrogen-bond acceptors (Lipinski definition) is 4. The minimum atomic E-state index is -3.56. The van der Waals surface area contributed by atoms with Crippen LogP contribution in [0.2, 0.25) is 0 Å². The lowest BCUT2D eigenvalue weighted by Crippen LogP contribution is -2.55. The van der Waals surface area contributed by atoms with Crippen molar-refractivity contribution in [2.75, 3.05) is 26.2 Å². The molecule has 2 aliphatic rings. The van der Waals surface area contributed by atoms with Crippen LogP contribution in [-0.2, 0) is 14.8 Å². The number of nitrogens with one attached hydrogen (secondary N) is 1. The van der Waals surface area contributed by atoms with Crippen LogP contribution in [0.5, 0.6) is 0 Å². The van der Waals surface area contributed by atoms with Gasteiger partial charge in [-0.1, -0.05) is 0 Å². The number of sulfonamides is 1. The third-order valence-corrected chi connectivity index (χ3v) is 8.83. The van der Waals surface area contributed by atoms with Crippen molar-refractivity contribution >= 4 is 15.9 Å². The number of carbonyl (C=O) groups excluding carboxylic acids is 1. The van der Waals surface area contributed by atoms with E-state index in [4.69, 9.17) is 0 Å². The van der Waals surface area contributed by atoms with Gasteiger partial charge in [-0.05, 0) is 82.2 Å². The molecular formula is C21H33N3O3S. The van der Waals surface area contributed by atoms with E-state index in [9.17, 15) is 13.2 Å². The van der Waals surface area contributed by atoms with Crippen LogP contribution >= 0.6 is 0 Å². The van der Waals surface area contributed by atoms with Crippen LogP contribution in [0.15, 0.2) is 4.90 Å². The molecule has 1 saturated carbocycles. The second-order valence-corrected chi connectivity index (χ2v) is 10.2. The average Bonchev–Trinajstić information content (AvgIpc) is 3.48. The normalized spacial score (nSPS) is 20.2. The van der Waals surface area contributed by atoms with Crippen LogP contribution in [-0.4, -0.2) is 61.8 Å². The monoisotopic (exact) mass is 407 g/mol. The highest BCUT2D eigenvalue weighted by Gasteiger charge is 2.35. The summed E-state index contributed by atoms with van der Waals surface area (Å²) in [6.07, 6.45) is 2.14. The molecule has 1 atom stereocenters. The molecular weight excluding hydrogens is 374 g/mol. The largest absolute Gasteiger partial charge is 0.352 e. The van der Waals surface area contributed by atoms with Gasteiger partial charge >= 0.3 is 0 Å². The zero-order valence-corrected chi connectivity index (χ0v) is 18.7. The Morgan fingerprint density at radius 2 is 1.36 bits per heavy atom. The molecule has 1 saturated heterocycles. The van der Waals surface area contributed by atoms with E-state index >= 15 is 0 Å². The summed E-state index contributed by atoms with van der Waals surface area (Å²) < 4.78 is 28.5. The van der Waals surface area contributed by atoms with E-state index in [2.05, 4.69) is 10.2 Å². The Bertz CT molecular complexity index is 854. The quantitative estimate of drug-likeness (QED) is 0.812. The van der Waals surface area contributed by atoms with Gasteiger partial charge in [0.25, 0.3) is 0 Å². The summed E-state index contributed by atoms with van der Waals surface area (Å²) in [4.78, 5) is 14.8. The molecule has 0 aromatic heterocycles. The summed E-state index contributed by atoms with van der Waals surface area (Å²) in [5.74, 6) is 0.0512. The molecule has 7 heteroatoms. The van der Waals surface area contributed by atoms with Crippen molar-refractivity contribution in [3.63, 3.8) is 0 Å². The first-order valence-electron chi connectivity index (χ1n) is 10.2. The fourth-order valence-corrected chi connectivity index (χ4v) is 6.01. The molecule has 0 radical (unpaired) electrons. The summed E-state index contributed by atoms with van der Waals surface area (Å²) in [5.41, 5.74) is 4.95. The molecule has 3 rings (SSSR count). The minimum absolute atomic E-state index is 0.0512. The standard InChI is InChI=1S/C21H33N3O3S/c1-13-14(2)16(4)20(17(5)15(13)3)28(26,27)24-11-9-23(10-12-24)18(6)21(25)22-19-7-8-19/h18-19H,7-12H2,1-6H3,(H,22,25)/t18-/m1/s1. The molecule has 0 spiro atoms. The lowest BCUT2D eigenvalue weighted by molar-refractivity contribution is -0.126. The first-order valence-corrected chi connectivity index (χ1v) is 11.6. The summed E-state index contributed by atoms with van der Waals surface area (Å²) in [6.45, 7) is 13.7. The first-order chi connectivity index (χ1) is 13.1. The lowest BCUT2D eigenvalue weighted by atomic mass is 9.95. The second kappa shape index (κ2) is 7.76. The predicted octanol–water partition coefficient (Wildman–Crippen LogP) is 2.20. The number of amides is 1. The van der Waals surface area contributed by atoms with E-state index in [1.165, 1.54) is 0 Å². The number of benzene rings is 1. The van der Waals surface area contributed by atoms with Crippen molar-refractivity contribution in [1.29, 1.82) is 0 Å². The smallest absolute Gasteiger partial charge is 0.243 e. The van der Waals surface area contributed by atoms with E-state index in [-0.39, 0.29) is 11.9 Å². The minimum Gasteiger partial charge on any atom is -0.352 e. The third kappa shape index (κ3) is 3.84. The van der Waals surface area contributed by atoms with E-state index in [1.54, 1.807) is 4.31 Å². The molecule has 0 unspecified atom stereocenters. The van der Waals surface area contributed by atoms with Crippen LogP contribution in [0, 0.1) is 34.6 Å². The molecule has 1 heterocycles. The summed E-state index contributed by atoms with van der Waals surface area (Å²) in [5, 5.41) is 3.04. The van der Waals surface area contributed by atoms with Gasteiger partial charge in [0, 0.05) is 32.2 Å². The number of hydrogen-bond donors (Lipinski definition) is 1. The highest BCUT2D eigenvalue weighted by molar-refractivity contribution is 7.89. The molecule has 1 aliphatic heterocycles. The van der Waals surface area contributed by atoms with Crippen molar-refractivity contribution in [3.05, 3.63) is 27.8 Å². The van der Waals surface area contributed by atoms with Gasteiger partial charge in [-0.2, -0.15) is 4.31 Å². The molecule has 1 aromatic rings. The number of rotatable bonds is 5. The summed E-state index contributed by atoms with van der Waals surface area (Å²) in [7, 11) is -3.56. The maximum atomic E-state index is 13.4. The highest BCUT2D eigenvalue weighted by Crippen LogP contribution is 2.32. The Morgan fingerprint density at radius 3 is 1.82 bits per heavy atom. The lowest BCUT2D eigenvalue weighted by Gasteiger charge is -2.37. The third-order valence-electron chi connectivity index (χ3n) is 6.65. The van der Waals surface area contributed by atoms with Crippen molar-refractivity contribution in [2.45, 2.75) is 71.4 Å². The van der Waals surface area contributed by atoms with Crippen LogP contribution < -0.4 is 5.32 Å². The summed E-state index contributed by atoms with van der Waals surface area (Å²) in [6, 6.07) is 0.119. The molecule has 1 N–H and O–H groups in total. The Hall–Kier alpha value is -1.44. The van der Waals surface area contributed by atoms with Gasteiger partial charge in [0.05, 0.1) is 10.9 Å². The molecule has 0 bridgehead atoms. The number of nitrogens with zero attached hydrogens (tertiary/aromatic N) is 2. The molecule has 28 heavy (non-hydrogen) atoms. The Labute approximate surface area is 169 Å². The molecule has 1 aliphatic carbocycles. The first kappa shape index (κ1) is 21.3. The fourth-order valence-electron chi connectivity index (χ4n) is 4.03. The van der Waals surface area contributed by atoms with Gasteiger partial charge in [-0.3, -0.25) is 9.69 Å². The van der Waals surface area contributed by atoms with Gasteiger partial charge < -0.3 is 5.32 Å². The maximum Gasteiger partial charge on any atom is 0.243 e. The van der Waals surface area contributed by atoms with Crippen molar-refractivity contribution in [2.24, 2.45) is 0 Å². The van der Waals surface area contributed by atoms with Crippen molar-refractivity contribution in [3.8, 4) is 0 Å². The maximum absolute atomic E-state index is 13.4. The second-order valence-electron chi connectivity index (χ2n) is 8.35. The van der Waals surface area contributed by atoms with Gasteiger partial charge in [0.2, 0.25) is 15.9 Å². The predicted molar refractivity (Wildman–Crippen MR) is 111 cm³/mol. The average molecular weight is 408 g/mol. The van der Waals surface area contributed by atoms with Gasteiger partial charge in [0.1, 0.15) is 0 Å². The zero-order valence-electron chi connectivity index (χ0n) is 17.9. The van der Waals surface area contributed by atoms with E-state index < -0.39 is 10.0 Å². The van der Waals surface area contributed by atoms with Gasteiger partial charge in [0.15, 0.2) is 0 Å². The van der Waals surface area contributed by atoms with E-state index in [0.717, 1.165) is 40.7 Å². The molecule has 156 valence electrons. The van der Waals surface area contributed by atoms with E-state index in [0.29, 0.717) is 37.1 Å². The number of piperazine rings is 1. The van der Waals surface area contributed by atoms with Crippen LogP contribution in [0.3, 0.4) is 0 Å². The molecule has 2 fully saturated rings. The van der Waals surface area contributed by atoms with Crippen LogP contribution in [0.25, 0.3) is 0 Å². The van der Waals surface area contributed by atoms with Crippen LogP contribution in [0.1, 0.15) is 47.6 Å². The molecule has 1 aromatic carbocycles. The van der Waals surface area contributed by atoms with Gasteiger partial charge in [-0.25, -0.2) is 8.42 Å². The van der Waals surface area contributed by atoms with Crippen LogP contribution in [0.4, 0.5) is 0 Å². The topological polar surface area (TPSA) is 69.7 Å². The molecule has 1 amide bonds. The Kier molecular flexibility index (Phi) is 5.90. The Morgan fingerprint density at radius 1 is 0.893 bits per heavy atom. The zero-order chi connectivity index (χ0) is 20.8. The Balaban J connectivity index is 1.76. The van der Waals surface area contributed by atoms with Crippen molar-refractivity contribution in [1.82, 2.24) is 14.5 Å². The SMILES string of the molecule is Cc1c(C)c(C)c(S(=O)(=O)N2CCN([C@H](C)C(=O)NC3CC3)CC2)c(C)c1C. The molecule has 6 nitrogen and oxygen atoms in total. The number of carbonyl (C=O) groups is 1. The van der Waals surface area contributed by atoms with Gasteiger partial charge in [-0.15, -0.1) is 0 Å².